The largest absolute Gasteiger partial charge is 0.352 e. The Labute approximate surface area is 191 Å². The van der Waals surface area contributed by atoms with E-state index in [4.69, 9.17) is 0 Å². The average molecular weight is 441 g/mol. The molecule has 1 atom stereocenters. The Hall–Kier alpha value is -2.61. The van der Waals surface area contributed by atoms with Gasteiger partial charge >= 0.3 is 0 Å². The van der Waals surface area contributed by atoms with Crippen LogP contribution in [0.2, 0.25) is 0 Å². The summed E-state index contributed by atoms with van der Waals surface area (Å²) in [6.45, 7) is 8.80. The van der Waals surface area contributed by atoms with Crippen LogP contribution >= 0.6 is 0 Å². The minimum atomic E-state index is -0.0498. The number of nitrogens with zero attached hydrogens (tertiary/aromatic N) is 5. The molecule has 0 bridgehead atoms. The Bertz CT molecular complexity index is 825. The Morgan fingerprint density at radius 1 is 0.969 bits per heavy atom. The molecule has 4 rings (SSSR count). The number of amides is 2. The Kier molecular flexibility index (Phi) is 7.29. The molecule has 0 spiro atoms. The number of anilines is 1. The molecule has 0 saturated carbocycles. The highest BCUT2D eigenvalue weighted by molar-refractivity contribution is 5.95. The van der Waals surface area contributed by atoms with Gasteiger partial charge in [0.25, 0.3) is 0 Å². The lowest BCUT2D eigenvalue weighted by Gasteiger charge is -2.39. The number of piperazine rings is 1. The molecule has 1 aromatic rings. The Morgan fingerprint density at radius 2 is 1.66 bits per heavy atom. The van der Waals surface area contributed by atoms with E-state index in [1.165, 1.54) is 0 Å². The fourth-order valence-electron chi connectivity index (χ4n) is 4.91. The van der Waals surface area contributed by atoms with Crippen LogP contribution in [-0.4, -0.2) is 91.4 Å². The van der Waals surface area contributed by atoms with Gasteiger partial charge in [-0.3, -0.25) is 19.5 Å². The number of likely N-dealkylation sites (tertiary alicyclic amines) is 1. The van der Waals surface area contributed by atoms with Gasteiger partial charge in [-0.1, -0.05) is 12.1 Å². The van der Waals surface area contributed by atoms with Gasteiger partial charge in [-0.15, -0.1) is 0 Å². The number of aliphatic imine (C=N–C) groups is 1. The van der Waals surface area contributed by atoms with Crippen molar-refractivity contribution in [3.63, 3.8) is 0 Å². The first-order valence-corrected chi connectivity index (χ1v) is 11.9. The predicted molar refractivity (Wildman–Crippen MR) is 127 cm³/mol. The second-order valence-electron chi connectivity index (χ2n) is 8.95. The molecule has 0 aliphatic carbocycles. The van der Waals surface area contributed by atoms with Crippen molar-refractivity contribution in [3.05, 3.63) is 29.8 Å². The van der Waals surface area contributed by atoms with Crippen LogP contribution in [-0.2, 0) is 16.1 Å². The topological polar surface area (TPSA) is 71.5 Å². The maximum absolute atomic E-state index is 12.7. The first-order chi connectivity index (χ1) is 15.6. The zero-order chi connectivity index (χ0) is 22.5. The summed E-state index contributed by atoms with van der Waals surface area (Å²) in [5.74, 6) is 1.38. The first-order valence-electron chi connectivity index (χ1n) is 11.9. The van der Waals surface area contributed by atoms with Crippen LogP contribution in [0.5, 0.6) is 0 Å². The van der Waals surface area contributed by atoms with E-state index in [1.807, 2.05) is 35.9 Å². The number of benzene rings is 1. The zero-order valence-corrected chi connectivity index (χ0v) is 19.4. The van der Waals surface area contributed by atoms with Crippen LogP contribution in [0.4, 0.5) is 5.69 Å². The molecule has 8 heteroatoms. The molecule has 1 unspecified atom stereocenters. The molecule has 0 radical (unpaired) electrons. The highest BCUT2D eigenvalue weighted by atomic mass is 16.2. The van der Waals surface area contributed by atoms with Crippen molar-refractivity contribution in [1.29, 1.82) is 0 Å². The summed E-state index contributed by atoms with van der Waals surface area (Å²) in [6.07, 6.45) is 3.86. The fourth-order valence-corrected chi connectivity index (χ4v) is 4.91. The molecule has 32 heavy (non-hydrogen) atoms. The van der Waals surface area contributed by atoms with Gasteiger partial charge in [0.05, 0.1) is 6.04 Å². The third-order valence-corrected chi connectivity index (χ3v) is 6.92. The molecular weight excluding hydrogens is 404 g/mol. The van der Waals surface area contributed by atoms with E-state index in [-0.39, 0.29) is 17.9 Å². The van der Waals surface area contributed by atoms with Crippen LogP contribution in [0.15, 0.2) is 29.3 Å². The van der Waals surface area contributed by atoms with E-state index in [0.29, 0.717) is 13.0 Å². The van der Waals surface area contributed by atoms with Gasteiger partial charge in [0.15, 0.2) is 5.96 Å². The molecule has 3 heterocycles. The molecule has 3 fully saturated rings. The maximum atomic E-state index is 12.7. The summed E-state index contributed by atoms with van der Waals surface area (Å²) in [5, 5.41) is 3.47. The van der Waals surface area contributed by atoms with E-state index in [2.05, 4.69) is 32.2 Å². The minimum absolute atomic E-state index is 0.0498. The fraction of sp³-hybridized carbons (Fsp3) is 0.625. The number of hydrogen-bond acceptors (Lipinski definition) is 4. The van der Waals surface area contributed by atoms with Gasteiger partial charge < -0.3 is 20.0 Å². The summed E-state index contributed by atoms with van der Waals surface area (Å²) < 4.78 is 0. The lowest BCUT2D eigenvalue weighted by Crippen LogP contribution is -2.57. The van der Waals surface area contributed by atoms with Crippen molar-refractivity contribution in [2.45, 2.75) is 45.2 Å². The van der Waals surface area contributed by atoms with Gasteiger partial charge in [-0.2, -0.15) is 0 Å². The van der Waals surface area contributed by atoms with Crippen molar-refractivity contribution in [2.75, 3.05) is 57.8 Å². The van der Waals surface area contributed by atoms with Crippen LogP contribution in [0.3, 0.4) is 0 Å². The van der Waals surface area contributed by atoms with E-state index in [9.17, 15) is 9.59 Å². The number of nitrogens with one attached hydrogen (secondary N) is 1. The standard InChI is InChI=1S/C24H36N6O2/c1-19(23(32)28-11-3-4-12-28)27-14-16-29(17-15-27)24(25-2)26-18-20-7-9-21(10-8-20)30-13-5-6-22(30)31/h7-10,19H,3-6,11-18H2,1-2H3,(H,25,26). The lowest BCUT2D eigenvalue weighted by atomic mass is 10.2. The number of hydrogen-bond donors (Lipinski definition) is 1. The van der Waals surface area contributed by atoms with Gasteiger partial charge in [0, 0.05) is 71.5 Å². The number of rotatable bonds is 5. The van der Waals surface area contributed by atoms with Crippen LogP contribution in [0.1, 0.15) is 38.2 Å². The van der Waals surface area contributed by atoms with Crippen molar-refractivity contribution in [2.24, 2.45) is 4.99 Å². The molecule has 1 aromatic carbocycles. The molecule has 8 nitrogen and oxygen atoms in total. The summed E-state index contributed by atoms with van der Waals surface area (Å²) in [5.41, 5.74) is 2.14. The molecule has 0 aromatic heterocycles. The third-order valence-electron chi connectivity index (χ3n) is 6.92. The second kappa shape index (κ2) is 10.3. The first kappa shape index (κ1) is 22.6. The van der Waals surface area contributed by atoms with E-state index >= 15 is 0 Å². The van der Waals surface area contributed by atoms with Gasteiger partial charge in [0.2, 0.25) is 11.8 Å². The van der Waals surface area contributed by atoms with Gasteiger partial charge in [0.1, 0.15) is 0 Å². The zero-order valence-electron chi connectivity index (χ0n) is 19.4. The smallest absolute Gasteiger partial charge is 0.239 e. The van der Waals surface area contributed by atoms with Crippen molar-refractivity contribution in [3.8, 4) is 0 Å². The summed E-state index contributed by atoms with van der Waals surface area (Å²) in [7, 11) is 1.82. The highest BCUT2D eigenvalue weighted by Gasteiger charge is 2.30. The van der Waals surface area contributed by atoms with Crippen molar-refractivity contribution in [1.82, 2.24) is 20.0 Å². The van der Waals surface area contributed by atoms with E-state index < -0.39 is 0 Å². The minimum Gasteiger partial charge on any atom is -0.352 e. The monoisotopic (exact) mass is 440 g/mol. The Balaban J connectivity index is 1.25. The molecule has 3 aliphatic rings. The Morgan fingerprint density at radius 3 is 2.25 bits per heavy atom. The molecule has 3 saturated heterocycles. The van der Waals surface area contributed by atoms with Crippen molar-refractivity contribution < 1.29 is 9.59 Å². The third kappa shape index (κ3) is 5.06. The van der Waals surface area contributed by atoms with Crippen LogP contribution in [0, 0.1) is 0 Å². The lowest BCUT2D eigenvalue weighted by molar-refractivity contribution is -0.135. The maximum Gasteiger partial charge on any atom is 0.239 e. The molecular formula is C24H36N6O2. The van der Waals surface area contributed by atoms with E-state index in [0.717, 1.165) is 82.3 Å². The highest BCUT2D eigenvalue weighted by Crippen LogP contribution is 2.21. The normalized spacial score (nSPS) is 21.4. The quantitative estimate of drug-likeness (QED) is 0.555. The molecule has 174 valence electrons. The van der Waals surface area contributed by atoms with Gasteiger partial charge in [-0.05, 0) is 43.9 Å². The molecule has 1 N–H and O–H groups in total. The molecule has 2 amide bonds. The number of carbonyl (C=O) groups is 2. The van der Waals surface area contributed by atoms with Crippen LogP contribution in [0.25, 0.3) is 0 Å². The summed E-state index contributed by atoms with van der Waals surface area (Å²) in [6, 6.07) is 8.16. The average Bonchev–Trinajstić information content (AvgIpc) is 3.51. The predicted octanol–water partition coefficient (Wildman–Crippen LogP) is 1.52. The van der Waals surface area contributed by atoms with Crippen LogP contribution < -0.4 is 10.2 Å². The number of guanidine groups is 1. The summed E-state index contributed by atoms with van der Waals surface area (Å²) in [4.78, 5) is 37.6. The SMILES string of the molecule is CN=C(NCc1ccc(N2CCCC2=O)cc1)N1CCN(C(C)C(=O)N2CCCC2)CC1. The van der Waals surface area contributed by atoms with Crippen molar-refractivity contribution >= 4 is 23.5 Å². The van der Waals surface area contributed by atoms with Gasteiger partial charge in [-0.25, -0.2) is 0 Å². The summed E-state index contributed by atoms with van der Waals surface area (Å²) >= 11 is 0. The number of carbonyl (C=O) groups excluding carboxylic acids is 2. The van der Waals surface area contributed by atoms with E-state index in [1.54, 1.807) is 0 Å². The second-order valence-corrected chi connectivity index (χ2v) is 8.95. The molecule has 3 aliphatic heterocycles.